The highest BCUT2D eigenvalue weighted by Gasteiger charge is 1.96. The second-order valence-electron chi connectivity index (χ2n) is 1.27. The predicted octanol–water partition coefficient (Wildman–Crippen LogP) is 1.34. The van der Waals surface area contributed by atoms with Crippen LogP contribution < -0.4 is 0 Å². The van der Waals surface area contributed by atoms with E-state index in [2.05, 4.69) is 9.22 Å². The summed E-state index contributed by atoms with van der Waals surface area (Å²) in [6.45, 7) is 0. The lowest BCUT2D eigenvalue weighted by Crippen LogP contribution is -1.94. The van der Waals surface area contributed by atoms with Crippen molar-refractivity contribution in [1.29, 1.82) is 0 Å². The minimum absolute atomic E-state index is 0.144. The molecule has 0 aliphatic rings. The van der Waals surface area contributed by atoms with E-state index in [9.17, 15) is 4.79 Å². The summed E-state index contributed by atoms with van der Waals surface area (Å²) >= 11 is 1.03. The van der Waals surface area contributed by atoms with E-state index in [0.717, 1.165) is 11.1 Å². The van der Waals surface area contributed by atoms with E-state index in [-0.39, 0.29) is 6.42 Å². The normalized spacial score (nSPS) is 9.70. The van der Waals surface area contributed by atoms with E-state index < -0.39 is 5.97 Å². The predicted molar refractivity (Wildman–Crippen MR) is 40.4 cm³/mol. The lowest BCUT2D eigenvalue weighted by molar-refractivity contribution is -0.158. The van der Waals surface area contributed by atoms with Crippen LogP contribution in [0, 0.1) is 0 Å². The van der Waals surface area contributed by atoms with Crippen LogP contribution in [-0.4, -0.2) is 23.9 Å². The zero-order valence-electron chi connectivity index (χ0n) is 5.40. The summed E-state index contributed by atoms with van der Waals surface area (Å²) in [7, 11) is 2.69. The number of carbonyl (C=O) groups is 1. The van der Waals surface area contributed by atoms with Crippen LogP contribution >= 0.6 is 21.9 Å². The van der Waals surface area contributed by atoms with Gasteiger partial charge in [0.1, 0.15) is 11.1 Å². The van der Waals surface area contributed by atoms with Crippen molar-refractivity contribution < 1.29 is 19.1 Å². The third-order valence-corrected chi connectivity index (χ3v) is 2.16. The van der Waals surface area contributed by atoms with Gasteiger partial charge in [-0.15, -0.1) is 0 Å². The molecule has 0 saturated heterocycles. The Kier molecular flexibility index (Phi) is 7.26. The summed E-state index contributed by atoms with van der Waals surface area (Å²) in [4.78, 5) is 14.2. The summed E-state index contributed by atoms with van der Waals surface area (Å²) in [5, 5.41) is 8.18. The Morgan fingerprint density at radius 2 is 2.40 bits per heavy atom. The van der Waals surface area contributed by atoms with Gasteiger partial charge < -0.3 is 5.11 Å². The van der Waals surface area contributed by atoms with E-state index in [1.165, 1.54) is 17.9 Å². The molecular weight excluding hydrogens is 176 g/mol. The molecule has 0 aromatic carbocycles. The van der Waals surface area contributed by atoms with Gasteiger partial charge in [0.2, 0.25) is 0 Å². The maximum atomic E-state index is 9.94. The molecule has 10 heavy (non-hydrogen) atoms. The molecule has 6 heteroatoms. The Bertz CT molecular complexity index is 97.3. The summed E-state index contributed by atoms with van der Waals surface area (Å²) in [5.74, 6) is -0.283. The molecule has 0 aliphatic heterocycles. The fourth-order valence-corrected chi connectivity index (χ4v) is 1.37. The van der Waals surface area contributed by atoms with Crippen molar-refractivity contribution in [3.63, 3.8) is 0 Å². The third kappa shape index (κ3) is 8.09. The van der Waals surface area contributed by atoms with Crippen LogP contribution in [0.15, 0.2) is 0 Å². The fraction of sp³-hybridized carbons (Fsp3) is 0.750. The number of hydrogen-bond donors (Lipinski definition) is 1. The van der Waals surface area contributed by atoms with Crippen LogP contribution in [0.25, 0.3) is 0 Å². The van der Waals surface area contributed by atoms with Crippen LogP contribution in [0.3, 0.4) is 0 Å². The first kappa shape index (κ1) is 10.1. The van der Waals surface area contributed by atoms with Crippen molar-refractivity contribution in [2.24, 2.45) is 0 Å². The van der Waals surface area contributed by atoms with E-state index in [1.54, 1.807) is 0 Å². The fourth-order valence-electron chi connectivity index (χ4n) is 0.210. The monoisotopic (exact) mass is 184 g/mol. The van der Waals surface area contributed by atoms with Crippen molar-refractivity contribution in [1.82, 2.24) is 0 Å². The lowest BCUT2D eigenvalue weighted by atomic mass is 10.5. The summed E-state index contributed by atoms with van der Waals surface area (Å²) < 4.78 is 4.40. The Labute approximate surface area is 66.8 Å². The van der Waals surface area contributed by atoms with Crippen molar-refractivity contribution in [3.05, 3.63) is 0 Å². The van der Waals surface area contributed by atoms with Gasteiger partial charge in [-0.05, 0) is 0 Å². The van der Waals surface area contributed by atoms with Crippen LogP contribution in [0.2, 0.25) is 0 Å². The SMILES string of the molecule is COOSSCCC(=O)O. The average Bonchev–Trinajstić information content (AvgIpc) is 1.87. The minimum Gasteiger partial charge on any atom is -0.481 e. The molecule has 0 heterocycles. The van der Waals surface area contributed by atoms with Gasteiger partial charge >= 0.3 is 5.97 Å². The molecule has 0 saturated carbocycles. The first-order valence-corrected chi connectivity index (χ1v) is 4.72. The van der Waals surface area contributed by atoms with E-state index in [1.807, 2.05) is 0 Å². The Morgan fingerprint density at radius 3 is 2.90 bits per heavy atom. The minimum atomic E-state index is -0.800. The van der Waals surface area contributed by atoms with Gasteiger partial charge in [-0.2, -0.15) is 4.33 Å². The largest absolute Gasteiger partial charge is 0.481 e. The van der Waals surface area contributed by atoms with Gasteiger partial charge in [0.15, 0.2) is 0 Å². The van der Waals surface area contributed by atoms with Crippen LogP contribution in [-0.2, 0) is 14.0 Å². The Balaban J connectivity index is 2.84. The molecule has 0 amide bonds. The number of rotatable bonds is 6. The summed E-state index contributed by atoms with van der Waals surface area (Å²) in [6.07, 6.45) is 0.144. The van der Waals surface area contributed by atoms with Gasteiger partial charge in [-0.1, -0.05) is 10.8 Å². The second-order valence-corrected chi connectivity index (χ2v) is 3.30. The zero-order chi connectivity index (χ0) is 7.82. The molecule has 0 fully saturated rings. The molecule has 0 bridgehead atoms. The standard InChI is InChI=1S/C4H8O4S2/c1-7-8-10-9-3-2-4(5)6/h2-3H2,1H3,(H,5,6). The van der Waals surface area contributed by atoms with E-state index in [0.29, 0.717) is 5.75 Å². The van der Waals surface area contributed by atoms with Gasteiger partial charge in [0, 0.05) is 5.75 Å². The number of hydrogen-bond acceptors (Lipinski definition) is 5. The molecule has 0 unspecified atom stereocenters. The molecular formula is C4H8O4S2. The Hall–Kier alpha value is 0.0900. The second kappa shape index (κ2) is 7.20. The molecule has 60 valence electrons. The lowest BCUT2D eigenvalue weighted by Gasteiger charge is -1.94. The van der Waals surface area contributed by atoms with Crippen molar-refractivity contribution in [2.45, 2.75) is 6.42 Å². The van der Waals surface area contributed by atoms with E-state index in [4.69, 9.17) is 5.11 Å². The molecule has 0 aliphatic carbocycles. The molecule has 4 nitrogen and oxygen atoms in total. The van der Waals surface area contributed by atoms with Crippen molar-refractivity contribution >= 4 is 27.8 Å². The van der Waals surface area contributed by atoms with Crippen molar-refractivity contribution in [3.8, 4) is 0 Å². The summed E-state index contributed by atoms with van der Waals surface area (Å²) in [6, 6.07) is 0. The van der Waals surface area contributed by atoms with Crippen molar-refractivity contribution in [2.75, 3.05) is 12.9 Å². The third-order valence-electron chi connectivity index (χ3n) is 0.543. The number of carboxylic acids is 1. The first-order valence-electron chi connectivity index (χ1n) is 2.48. The maximum Gasteiger partial charge on any atom is 0.304 e. The highest BCUT2D eigenvalue weighted by atomic mass is 33.1. The average molecular weight is 184 g/mol. The molecule has 0 radical (unpaired) electrons. The van der Waals surface area contributed by atoms with Gasteiger partial charge in [0.05, 0.1) is 13.5 Å². The molecule has 0 aromatic heterocycles. The summed E-state index contributed by atoms with van der Waals surface area (Å²) in [5.41, 5.74) is 0. The highest BCUT2D eigenvalue weighted by Crippen LogP contribution is 2.22. The maximum absolute atomic E-state index is 9.94. The highest BCUT2D eigenvalue weighted by molar-refractivity contribution is 8.74. The topological polar surface area (TPSA) is 55.8 Å². The molecule has 0 spiro atoms. The molecule has 1 N–H and O–H groups in total. The van der Waals surface area contributed by atoms with Crippen LogP contribution in [0.5, 0.6) is 0 Å². The van der Waals surface area contributed by atoms with E-state index >= 15 is 0 Å². The number of carboxylic acid groups (broad SMARTS) is 1. The smallest absolute Gasteiger partial charge is 0.304 e. The zero-order valence-corrected chi connectivity index (χ0v) is 7.04. The molecule has 0 atom stereocenters. The van der Waals surface area contributed by atoms with Gasteiger partial charge in [-0.25, -0.2) is 4.89 Å². The van der Waals surface area contributed by atoms with Crippen LogP contribution in [0.1, 0.15) is 6.42 Å². The molecule has 0 aromatic rings. The van der Waals surface area contributed by atoms with Gasteiger partial charge in [-0.3, -0.25) is 4.79 Å². The molecule has 0 rings (SSSR count). The first-order chi connectivity index (χ1) is 4.77. The Morgan fingerprint density at radius 1 is 1.70 bits per heavy atom. The van der Waals surface area contributed by atoms with Gasteiger partial charge in [0.25, 0.3) is 0 Å². The quantitative estimate of drug-likeness (QED) is 0.221. The number of aliphatic carboxylic acids is 1. The van der Waals surface area contributed by atoms with Crippen LogP contribution in [0.4, 0.5) is 0 Å².